The molecule has 3 amide bonds. The van der Waals surface area contributed by atoms with E-state index < -0.39 is 0 Å². The minimum atomic E-state index is -0.371. The maximum absolute atomic E-state index is 14.2. The number of para-hydroxylation sites is 2. The highest BCUT2D eigenvalue weighted by Crippen LogP contribution is 2.42. The third kappa shape index (κ3) is 4.55. The number of amides is 3. The molecule has 38 heavy (non-hydrogen) atoms. The molecule has 192 valence electrons. The van der Waals surface area contributed by atoms with E-state index in [2.05, 4.69) is 9.88 Å². The number of hydrogen-bond acceptors (Lipinski definition) is 2. The number of carbonyl (C=O) groups excluding carboxylic acids is 2. The quantitative estimate of drug-likeness (QED) is 0.288. The Morgan fingerprint density at radius 2 is 1.68 bits per heavy atom. The van der Waals surface area contributed by atoms with Crippen LogP contribution in [0.25, 0.3) is 5.69 Å². The summed E-state index contributed by atoms with van der Waals surface area (Å²) in [7, 11) is 0. The van der Waals surface area contributed by atoms with Gasteiger partial charge in [0.1, 0.15) is 12.6 Å². The molecule has 1 aliphatic carbocycles. The Hall–Kier alpha value is -3.74. The molecule has 1 N–H and O–H groups in total. The number of urea groups is 1. The number of halogens is 2. The molecule has 0 saturated heterocycles. The zero-order valence-electron chi connectivity index (χ0n) is 20.8. The van der Waals surface area contributed by atoms with Gasteiger partial charge in [-0.25, -0.2) is 4.79 Å². The number of fused-ring (bicyclic) bond motifs is 3. The third-order valence-electron chi connectivity index (χ3n) is 7.15. The fraction of sp³-hybridized carbons (Fsp3) is 0.200. The average Bonchev–Trinajstić information content (AvgIpc) is 3.64. The van der Waals surface area contributed by atoms with E-state index in [0.717, 1.165) is 41.0 Å². The molecule has 6 rings (SSSR count). The molecule has 8 heteroatoms. The van der Waals surface area contributed by atoms with Crippen LogP contribution in [-0.2, 0) is 4.79 Å². The highest BCUT2D eigenvalue weighted by molar-refractivity contribution is 6.31. The normalized spacial score (nSPS) is 16.0. The Morgan fingerprint density at radius 3 is 2.39 bits per heavy atom. The summed E-state index contributed by atoms with van der Waals surface area (Å²) < 4.78 is 2.12. The molecular formula is C30H26Cl2N4O2. The number of carbonyl (C=O) groups is 2. The van der Waals surface area contributed by atoms with Gasteiger partial charge in [-0.2, -0.15) is 0 Å². The molecule has 1 unspecified atom stereocenters. The number of benzene rings is 3. The lowest BCUT2D eigenvalue weighted by Crippen LogP contribution is -2.48. The summed E-state index contributed by atoms with van der Waals surface area (Å²) in [4.78, 5) is 31.0. The molecule has 1 saturated carbocycles. The standard InChI is InChI=1S/C30H26Cl2N4O2/c1-19-8-13-22(17-24(19)32)33-30(38)35(23-14-15-23)18-28(37)36-26-6-3-2-5-25(26)34-16-4-7-27(34)29(36)20-9-11-21(31)12-10-20/h2-13,16-17,23,29H,14-15,18H2,1H3,(H,33,38). The molecule has 0 radical (unpaired) electrons. The summed E-state index contributed by atoms with van der Waals surface area (Å²) in [6, 6.07) is 24.2. The SMILES string of the molecule is Cc1ccc(NC(=O)N(CC(=O)N2c3ccccc3-n3cccc3C2c2ccc(Cl)cc2)C2CC2)cc1Cl. The Labute approximate surface area is 231 Å². The van der Waals surface area contributed by atoms with Crippen molar-refractivity contribution in [1.82, 2.24) is 9.47 Å². The first-order chi connectivity index (χ1) is 18.4. The van der Waals surface area contributed by atoms with Gasteiger partial charge in [0.15, 0.2) is 0 Å². The predicted molar refractivity (Wildman–Crippen MR) is 151 cm³/mol. The van der Waals surface area contributed by atoms with Gasteiger partial charge in [0.25, 0.3) is 0 Å². The van der Waals surface area contributed by atoms with Crippen LogP contribution in [0.15, 0.2) is 85.1 Å². The fourth-order valence-corrected chi connectivity index (χ4v) is 5.37. The highest BCUT2D eigenvalue weighted by atomic mass is 35.5. The van der Waals surface area contributed by atoms with Crippen molar-refractivity contribution in [2.75, 3.05) is 16.8 Å². The Kier molecular flexibility index (Phi) is 6.38. The molecule has 3 aromatic carbocycles. The number of aromatic nitrogens is 1. The third-order valence-corrected chi connectivity index (χ3v) is 7.81. The van der Waals surface area contributed by atoms with Crippen molar-refractivity contribution in [2.24, 2.45) is 0 Å². The van der Waals surface area contributed by atoms with Crippen LogP contribution in [0, 0.1) is 6.92 Å². The van der Waals surface area contributed by atoms with Crippen LogP contribution in [0.1, 0.15) is 35.7 Å². The second-order valence-electron chi connectivity index (χ2n) is 9.76. The van der Waals surface area contributed by atoms with Gasteiger partial charge in [-0.15, -0.1) is 0 Å². The Bertz CT molecular complexity index is 1530. The number of aryl methyl sites for hydroxylation is 1. The number of rotatable bonds is 5. The summed E-state index contributed by atoms with van der Waals surface area (Å²) in [5.74, 6) is -0.158. The first-order valence-electron chi connectivity index (χ1n) is 12.6. The minimum absolute atomic E-state index is 0.0257. The summed E-state index contributed by atoms with van der Waals surface area (Å²) in [6.45, 7) is 1.86. The zero-order chi connectivity index (χ0) is 26.4. The van der Waals surface area contributed by atoms with Gasteiger partial charge in [0.05, 0.1) is 17.1 Å². The van der Waals surface area contributed by atoms with Crippen molar-refractivity contribution in [2.45, 2.75) is 31.8 Å². The average molecular weight is 545 g/mol. The number of nitrogens with zero attached hydrogens (tertiary/aromatic N) is 3. The van der Waals surface area contributed by atoms with Crippen LogP contribution in [-0.4, -0.2) is 34.0 Å². The van der Waals surface area contributed by atoms with E-state index in [9.17, 15) is 9.59 Å². The molecule has 2 heterocycles. The largest absolute Gasteiger partial charge is 0.322 e. The monoisotopic (exact) mass is 544 g/mol. The van der Waals surface area contributed by atoms with Crippen molar-refractivity contribution < 1.29 is 9.59 Å². The van der Waals surface area contributed by atoms with E-state index in [1.54, 1.807) is 11.0 Å². The summed E-state index contributed by atoms with van der Waals surface area (Å²) in [5.41, 5.74) is 5.15. The number of anilines is 2. The smallest absolute Gasteiger partial charge is 0.316 e. The van der Waals surface area contributed by atoms with Crippen LogP contribution in [0.2, 0.25) is 10.0 Å². The van der Waals surface area contributed by atoms with Crippen molar-refractivity contribution >= 4 is 46.5 Å². The van der Waals surface area contributed by atoms with Crippen molar-refractivity contribution in [1.29, 1.82) is 0 Å². The molecule has 1 aromatic heterocycles. The van der Waals surface area contributed by atoms with Crippen molar-refractivity contribution in [3.8, 4) is 5.69 Å². The second kappa shape index (κ2) is 9.86. The van der Waals surface area contributed by atoms with Gasteiger partial charge in [-0.1, -0.05) is 53.5 Å². The van der Waals surface area contributed by atoms with Crippen LogP contribution in [0.4, 0.5) is 16.2 Å². The molecule has 1 aliphatic heterocycles. The van der Waals surface area contributed by atoms with E-state index in [4.69, 9.17) is 23.2 Å². The molecule has 1 atom stereocenters. The van der Waals surface area contributed by atoms with Crippen LogP contribution >= 0.6 is 23.2 Å². The first-order valence-corrected chi connectivity index (χ1v) is 13.3. The second-order valence-corrected chi connectivity index (χ2v) is 10.6. The van der Waals surface area contributed by atoms with E-state index in [0.29, 0.717) is 15.7 Å². The van der Waals surface area contributed by atoms with Gasteiger partial charge in [0.2, 0.25) is 5.91 Å². The molecule has 6 nitrogen and oxygen atoms in total. The lowest BCUT2D eigenvalue weighted by molar-refractivity contribution is -0.119. The van der Waals surface area contributed by atoms with Gasteiger partial charge < -0.3 is 14.8 Å². The van der Waals surface area contributed by atoms with Crippen molar-refractivity contribution in [3.05, 3.63) is 112 Å². The van der Waals surface area contributed by atoms with E-state index in [1.165, 1.54) is 0 Å². The first kappa shape index (κ1) is 24.6. The Morgan fingerprint density at radius 1 is 0.947 bits per heavy atom. The highest BCUT2D eigenvalue weighted by Gasteiger charge is 2.40. The molecule has 2 aliphatic rings. The van der Waals surface area contributed by atoms with E-state index in [-0.39, 0.29) is 30.6 Å². The van der Waals surface area contributed by atoms with Gasteiger partial charge in [-0.05, 0) is 79.4 Å². The summed E-state index contributed by atoms with van der Waals surface area (Å²) in [5, 5.41) is 4.14. The lowest BCUT2D eigenvalue weighted by Gasteiger charge is -2.39. The van der Waals surface area contributed by atoms with Gasteiger partial charge >= 0.3 is 6.03 Å². The van der Waals surface area contributed by atoms with Crippen LogP contribution in [0.3, 0.4) is 0 Å². The summed E-state index contributed by atoms with van der Waals surface area (Å²) >= 11 is 12.5. The van der Waals surface area contributed by atoms with Gasteiger partial charge in [0, 0.05) is 28.0 Å². The lowest BCUT2D eigenvalue weighted by atomic mass is 9.97. The maximum Gasteiger partial charge on any atom is 0.322 e. The number of nitrogens with one attached hydrogen (secondary N) is 1. The topological polar surface area (TPSA) is 57.6 Å². The Balaban J connectivity index is 1.35. The van der Waals surface area contributed by atoms with Crippen LogP contribution < -0.4 is 10.2 Å². The van der Waals surface area contributed by atoms with Crippen molar-refractivity contribution in [3.63, 3.8) is 0 Å². The molecule has 0 bridgehead atoms. The zero-order valence-corrected chi connectivity index (χ0v) is 22.3. The molecule has 1 fully saturated rings. The minimum Gasteiger partial charge on any atom is -0.316 e. The predicted octanol–water partition coefficient (Wildman–Crippen LogP) is 7.23. The van der Waals surface area contributed by atoms with E-state index in [1.807, 2.05) is 90.8 Å². The molecular weight excluding hydrogens is 519 g/mol. The van der Waals surface area contributed by atoms with E-state index >= 15 is 0 Å². The number of hydrogen-bond donors (Lipinski definition) is 1. The molecule has 4 aromatic rings. The summed E-state index contributed by atoms with van der Waals surface area (Å²) in [6.07, 6.45) is 3.75. The van der Waals surface area contributed by atoms with Crippen LogP contribution in [0.5, 0.6) is 0 Å². The fourth-order valence-electron chi connectivity index (χ4n) is 5.06. The molecule has 0 spiro atoms. The maximum atomic E-state index is 14.2. The van der Waals surface area contributed by atoms with Gasteiger partial charge in [-0.3, -0.25) is 9.69 Å².